The van der Waals surface area contributed by atoms with Gasteiger partial charge in [-0.3, -0.25) is 19.7 Å². The van der Waals surface area contributed by atoms with Crippen LogP contribution in [-0.2, 0) is 4.79 Å². The van der Waals surface area contributed by atoms with Gasteiger partial charge in [0.2, 0.25) is 5.91 Å². The fraction of sp³-hybridized carbons (Fsp3) is 0.176. The highest BCUT2D eigenvalue weighted by molar-refractivity contribution is 5.97. The fourth-order valence-electron chi connectivity index (χ4n) is 2.25. The van der Waals surface area contributed by atoms with Crippen LogP contribution >= 0.6 is 0 Å². The highest BCUT2D eigenvalue weighted by Crippen LogP contribution is 2.28. The van der Waals surface area contributed by atoms with Gasteiger partial charge in [0.15, 0.2) is 5.78 Å². The zero-order valence-electron chi connectivity index (χ0n) is 13.7. The van der Waals surface area contributed by atoms with Gasteiger partial charge in [-0.25, -0.2) is 4.39 Å². The zero-order valence-corrected chi connectivity index (χ0v) is 13.7. The number of nitro groups is 1. The number of rotatable bonds is 6. The number of hydrogen-bond donors (Lipinski definition) is 1. The van der Waals surface area contributed by atoms with Gasteiger partial charge in [-0.15, -0.1) is 0 Å². The van der Waals surface area contributed by atoms with E-state index in [2.05, 4.69) is 5.32 Å². The molecule has 0 fully saturated rings. The average Bonchev–Trinajstić information content (AvgIpc) is 2.56. The lowest BCUT2D eigenvalue weighted by atomic mass is 10.1. The lowest BCUT2D eigenvalue weighted by Crippen LogP contribution is -2.30. The Bertz CT molecular complexity index is 821. The summed E-state index contributed by atoms with van der Waals surface area (Å²) in [5.41, 5.74) is 0.592. The molecule has 0 aromatic heterocycles. The molecule has 2 aromatic rings. The topological polar surface area (TPSA) is 92.6 Å². The van der Waals surface area contributed by atoms with Crippen LogP contribution in [0, 0.1) is 15.9 Å². The maximum Gasteiger partial charge on any atom is 0.293 e. The second kappa shape index (κ2) is 7.52. The molecular weight excluding hydrogens is 329 g/mol. The van der Waals surface area contributed by atoms with Gasteiger partial charge in [0.25, 0.3) is 5.69 Å². The molecule has 2 rings (SSSR count). The van der Waals surface area contributed by atoms with Gasteiger partial charge in [-0.2, -0.15) is 0 Å². The smallest absolute Gasteiger partial charge is 0.293 e. The normalized spacial score (nSPS) is 10.2. The maximum absolute atomic E-state index is 12.9. The lowest BCUT2D eigenvalue weighted by molar-refractivity contribution is -0.384. The van der Waals surface area contributed by atoms with Crippen molar-refractivity contribution >= 4 is 28.8 Å². The molecule has 0 aliphatic rings. The summed E-state index contributed by atoms with van der Waals surface area (Å²) in [4.78, 5) is 35.5. The molecule has 130 valence electrons. The minimum absolute atomic E-state index is 0.155. The summed E-state index contributed by atoms with van der Waals surface area (Å²) < 4.78 is 12.9. The van der Waals surface area contributed by atoms with Crippen molar-refractivity contribution in [3.8, 4) is 0 Å². The first-order valence-corrected chi connectivity index (χ1v) is 7.34. The van der Waals surface area contributed by atoms with E-state index in [-0.39, 0.29) is 29.3 Å². The van der Waals surface area contributed by atoms with Crippen LogP contribution in [0.5, 0.6) is 0 Å². The van der Waals surface area contributed by atoms with E-state index in [1.54, 1.807) is 0 Å². The standard InChI is InChI=1S/C17H16FN3O4/c1-11(22)12-3-8-15(16(9-12)21(24)25)20(2)10-17(23)19-14-6-4-13(18)5-7-14/h3-9H,10H2,1-2H3,(H,19,23). The number of carbonyl (C=O) groups is 2. The van der Waals surface area contributed by atoms with Gasteiger partial charge in [0.1, 0.15) is 11.5 Å². The molecule has 0 spiro atoms. The number of Topliss-reactive ketones (excluding diaryl/α,β-unsaturated/α-hetero) is 1. The number of carbonyl (C=O) groups excluding carboxylic acids is 2. The van der Waals surface area contributed by atoms with E-state index >= 15 is 0 Å². The van der Waals surface area contributed by atoms with Crippen LogP contribution in [0.15, 0.2) is 42.5 Å². The summed E-state index contributed by atoms with van der Waals surface area (Å²) >= 11 is 0. The molecule has 0 bridgehead atoms. The number of anilines is 2. The Morgan fingerprint density at radius 2 is 1.84 bits per heavy atom. The van der Waals surface area contributed by atoms with Crippen molar-refractivity contribution in [3.63, 3.8) is 0 Å². The molecule has 2 aromatic carbocycles. The first kappa shape index (κ1) is 18.1. The number of nitrogens with zero attached hydrogens (tertiary/aromatic N) is 2. The summed E-state index contributed by atoms with van der Waals surface area (Å²) in [7, 11) is 1.53. The molecule has 0 heterocycles. The Labute approximate surface area is 143 Å². The van der Waals surface area contributed by atoms with Gasteiger partial charge in [-0.1, -0.05) is 0 Å². The van der Waals surface area contributed by atoms with Crippen molar-refractivity contribution in [1.82, 2.24) is 0 Å². The third kappa shape index (κ3) is 4.60. The van der Waals surface area contributed by atoms with Crippen molar-refractivity contribution in [3.05, 3.63) is 64.0 Å². The summed E-state index contributed by atoms with van der Waals surface area (Å²) in [6.45, 7) is 1.16. The molecule has 0 unspecified atom stereocenters. The van der Waals surface area contributed by atoms with Crippen LogP contribution in [0.1, 0.15) is 17.3 Å². The van der Waals surface area contributed by atoms with Crippen molar-refractivity contribution in [2.45, 2.75) is 6.92 Å². The van der Waals surface area contributed by atoms with Crippen molar-refractivity contribution < 1.29 is 18.9 Å². The minimum atomic E-state index is -0.601. The first-order chi connectivity index (χ1) is 11.8. The van der Waals surface area contributed by atoms with Crippen molar-refractivity contribution in [2.24, 2.45) is 0 Å². The highest BCUT2D eigenvalue weighted by atomic mass is 19.1. The quantitative estimate of drug-likeness (QED) is 0.493. The average molecular weight is 345 g/mol. The number of amides is 1. The van der Waals surface area contributed by atoms with Crippen LogP contribution in [0.25, 0.3) is 0 Å². The zero-order chi connectivity index (χ0) is 18.6. The molecule has 8 heteroatoms. The number of halogens is 1. The van der Waals surface area contributed by atoms with Crippen molar-refractivity contribution in [1.29, 1.82) is 0 Å². The van der Waals surface area contributed by atoms with E-state index in [4.69, 9.17) is 0 Å². The number of likely N-dealkylation sites (N-methyl/N-ethyl adjacent to an activating group) is 1. The molecule has 1 amide bonds. The number of ketones is 1. The fourth-order valence-corrected chi connectivity index (χ4v) is 2.25. The van der Waals surface area contributed by atoms with E-state index in [0.29, 0.717) is 5.69 Å². The number of benzene rings is 2. The lowest BCUT2D eigenvalue weighted by Gasteiger charge is -2.19. The van der Waals surface area contributed by atoms with Crippen molar-refractivity contribution in [2.75, 3.05) is 23.8 Å². The van der Waals surface area contributed by atoms with Gasteiger partial charge in [0.05, 0.1) is 11.5 Å². The van der Waals surface area contributed by atoms with Crippen LogP contribution in [-0.4, -0.2) is 30.2 Å². The Morgan fingerprint density at radius 3 is 2.40 bits per heavy atom. The Balaban J connectivity index is 2.15. The summed E-state index contributed by atoms with van der Waals surface area (Å²) in [5.74, 6) is -1.12. The molecule has 0 radical (unpaired) electrons. The Morgan fingerprint density at radius 1 is 1.20 bits per heavy atom. The number of nitro benzene ring substituents is 1. The van der Waals surface area contributed by atoms with Crippen LogP contribution in [0.2, 0.25) is 0 Å². The summed E-state index contributed by atoms with van der Waals surface area (Å²) in [6, 6.07) is 9.34. The Kier molecular flexibility index (Phi) is 5.43. The monoisotopic (exact) mass is 345 g/mol. The van der Waals surface area contributed by atoms with E-state index in [1.165, 1.54) is 61.3 Å². The highest BCUT2D eigenvalue weighted by Gasteiger charge is 2.20. The molecule has 25 heavy (non-hydrogen) atoms. The molecular formula is C17H16FN3O4. The second-order valence-corrected chi connectivity index (χ2v) is 5.43. The number of hydrogen-bond acceptors (Lipinski definition) is 5. The minimum Gasteiger partial charge on any atom is -0.360 e. The summed E-state index contributed by atoms with van der Waals surface area (Å²) in [5, 5.41) is 13.8. The van der Waals surface area contributed by atoms with E-state index in [0.717, 1.165) is 0 Å². The van der Waals surface area contributed by atoms with Gasteiger partial charge >= 0.3 is 0 Å². The van der Waals surface area contributed by atoms with Gasteiger partial charge in [0, 0.05) is 24.4 Å². The van der Waals surface area contributed by atoms with E-state index < -0.39 is 16.6 Å². The molecule has 0 saturated carbocycles. The second-order valence-electron chi connectivity index (χ2n) is 5.43. The predicted octanol–water partition coefficient (Wildman–Crippen LogP) is 3.01. The largest absolute Gasteiger partial charge is 0.360 e. The molecule has 0 aliphatic heterocycles. The van der Waals surface area contributed by atoms with Gasteiger partial charge < -0.3 is 10.2 Å². The van der Waals surface area contributed by atoms with Crippen LogP contribution < -0.4 is 10.2 Å². The first-order valence-electron chi connectivity index (χ1n) is 7.34. The molecule has 0 saturated heterocycles. The third-order valence-electron chi connectivity index (χ3n) is 3.50. The molecule has 0 aliphatic carbocycles. The van der Waals surface area contributed by atoms with E-state index in [1.807, 2.05) is 0 Å². The van der Waals surface area contributed by atoms with Crippen LogP contribution in [0.3, 0.4) is 0 Å². The predicted molar refractivity (Wildman–Crippen MR) is 91.4 cm³/mol. The molecule has 0 atom stereocenters. The molecule has 1 N–H and O–H groups in total. The Hall–Kier alpha value is -3.29. The molecule has 7 nitrogen and oxygen atoms in total. The third-order valence-corrected chi connectivity index (χ3v) is 3.50. The van der Waals surface area contributed by atoms with Gasteiger partial charge in [-0.05, 0) is 43.3 Å². The maximum atomic E-state index is 12.9. The number of nitrogens with one attached hydrogen (secondary N) is 1. The SMILES string of the molecule is CC(=O)c1ccc(N(C)CC(=O)Nc2ccc(F)cc2)c([N+](=O)[O-])c1. The van der Waals surface area contributed by atoms with Crippen LogP contribution in [0.4, 0.5) is 21.5 Å². The van der Waals surface area contributed by atoms with E-state index in [9.17, 15) is 24.1 Å². The summed E-state index contributed by atoms with van der Waals surface area (Å²) in [6.07, 6.45) is 0.